The molecular formula is C21H23ClN2O4. The molecule has 1 fully saturated rings. The molecule has 2 aromatic rings. The van der Waals surface area contributed by atoms with Gasteiger partial charge in [-0.05, 0) is 42.8 Å². The smallest absolute Gasteiger partial charge is 0.254 e. The molecule has 6 nitrogen and oxygen atoms in total. The first kappa shape index (κ1) is 20.0. The number of rotatable bonds is 4. The molecule has 2 amide bonds. The molecule has 0 spiro atoms. The number of hydrogen-bond donors (Lipinski definition) is 0. The fourth-order valence-electron chi connectivity index (χ4n) is 3.28. The van der Waals surface area contributed by atoms with E-state index in [-0.39, 0.29) is 11.8 Å². The average molecular weight is 403 g/mol. The van der Waals surface area contributed by atoms with Crippen molar-refractivity contribution in [3.8, 4) is 11.5 Å². The summed E-state index contributed by atoms with van der Waals surface area (Å²) in [5.74, 6) is 0.940. The first-order chi connectivity index (χ1) is 13.5. The maximum atomic E-state index is 12.9. The Morgan fingerprint density at radius 1 is 0.821 bits per heavy atom. The average Bonchev–Trinajstić information content (AvgIpc) is 2.98. The van der Waals surface area contributed by atoms with Gasteiger partial charge in [-0.15, -0.1) is 0 Å². The Kier molecular flexibility index (Phi) is 6.41. The van der Waals surface area contributed by atoms with Gasteiger partial charge in [-0.2, -0.15) is 0 Å². The van der Waals surface area contributed by atoms with E-state index in [0.29, 0.717) is 60.2 Å². The lowest BCUT2D eigenvalue weighted by Gasteiger charge is -2.22. The lowest BCUT2D eigenvalue weighted by atomic mass is 10.1. The van der Waals surface area contributed by atoms with Crippen LogP contribution in [0.5, 0.6) is 11.5 Å². The van der Waals surface area contributed by atoms with Gasteiger partial charge in [-0.3, -0.25) is 9.59 Å². The summed E-state index contributed by atoms with van der Waals surface area (Å²) in [5.41, 5.74) is 1.10. The molecule has 3 rings (SSSR count). The van der Waals surface area contributed by atoms with E-state index in [0.717, 1.165) is 0 Å². The standard InChI is InChI=1S/C21H23ClN2O4/c1-27-18-8-7-16(14-19(18)28-2)21(26)24-10-4-9-23(11-12-24)20(25)15-5-3-6-17(22)13-15/h3,5-8,13-14H,4,9-12H2,1-2H3. The molecule has 7 heteroatoms. The molecule has 0 N–H and O–H groups in total. The van der Waals surface area contributed by atoms with Crippen molar-refractivity contribution in [3.05, 3.63) is 58.6 Å². The van der Waals surface area contributed by atoms with Gasteiger partial charge in [0.15, 0.2) is 11.5 Å². The van der Waals surface area contributed by atoms with E-state index in [4.69, 9.17) is 21.1 Å². The predicted molar refractivity (Wildman–Crippen MR) is 107 cm³/mol. The summed E-state index contributed by atoms with van der Waals surface area (Å²) in [7, 11) is 3.09. The third-order valence-corrected chi connectivity index (χ3v) is 5.01. The predicted octanol–water partition coefficient (Wildman–Crippen LogP) is 3.35. The molecule has 0 unspecified atom stereocenters. The third-order valence-electron chi connectivity index (χ3n) is 4.77. The summed E-state index contributed by atoms with van der Waals surface area (Å²) in [6.45, 7) is 2.14. The van der Waals surface area contributed by atoms with E-state index < -0.39 is 0 Å². The minimum Gasteiger partial charge on any atom is -0.493 e. The van der Waals surface area contributed by atoms with Crippen LogP contribution in [0.25, 0.3) is 0 Å². The normalized spacial score (nSPS) is 14.4. The quantitative estimate of drug-likeness (QED) is 0.787. The van der Waals surface area contributed by atoms with Crippen LogP contribution in [0.2, 0.25) is 5.02 Å². The fraction of sp³-hybridized carbons (Fsp3) is 0.333. The van der Waals surface area contributed by atoms with Crippen LogP contribution in [-0.4, -0.2) is 62.0 Å². The number of benzene rings is 2. The molecule has 1 heterocycles. The van der Waals surface area contributed by atoms with Gasteiger partial charge in [0.2, 0.25) is 0 Å². The van der Waals surface area contributed by atoms with Gasteiger partial charge >= 0.3 is 0 Å². The molecule has 0 aliphatic carbocycles. The lowest BCUT2D eigenvalue weighted by Crippen LogP contribution is -2.37. The van der Waals surface area contributed by atoms with Gasteiger partial charge < -0.3 is 19.3 Å². The van der Waals surface area contributed by atoms with Crippen molar-refractivity contribution in [2.75, 3.05) is 40.4 Å². The zero-order valence-electron chi connectivity index (χ0n) is 16.0. The van der Waals surface area contributed by atoms with Crippen molar-refractivity contribution in [2.24, 2.45) is 0 Å². The van der Waals surface area contributed by atoms with Gasteiger partial charge in [0.1, 0.15) is 0 Å². The Morgan fingerprint density at radius 2 is 1.43 bits per heavy atom. The second-order valence-corrected chi connectivity index (χ2v) is 6.95. The first-order valence-electron chi connectivity index (χ1n) is 9.09. The molecule has 0 atom stereocenters. The van der Waals surface area contributed by atoms with Crippen LogP contribution < -0.4 is 9.47 Å². The topological polar surface area (TPSA) is 59.1 Å². The fourth-order valence-corrected chi connectivity index (χ4v) is 3.47. The zero-order valence-corrected chi connectivity index (χ0v) is 16.7. The van der Waals surface area contributed by atoms with Crippen molar-refractivity contribution in [2.45, 2.75) is 6.42 Å². The van der Waals surface area contributed by atoms with Gasteiger partial charge in [0, 0.05) is 42.3 Å². The second-order valence-electron chi connectivity index (χ2n) is 6.52. The summed E-state index contributed by atoms with van der Waals surface area (Å²) in [5, 5.41) is 0.533. The monoisotopic (exact) mass is 402 g/mol. The molecule has 1 aliphatic rings. The van der Waals surface area contributed by atoms with Crippen molar-refractivity contribution in [1.82, 2.24) is 9.80 Å². The second kappa shape index (κ2) is 8.97. The minimum absolute atomic E-state index is 0.0667. The van der Waals surface area contributed by atoms with Crippen molar-refractivity contribution in [3.63, 3.8) is 0 Å². The third kappa shape index (κ3) is 4.39. The Labute approximate surface area is 169 Å². The molecule has 1 aliphatic heterocycles. The van der Waals surface area contributed by atoms with Gasteiger partial charge in [-0.25, -0.2) is 0 Å². The van der Waals surface area contributed by atoms with E-state index >= 15 is 0 Å². The van der Waals surface area contributed by atoms with Crippen molar-refractivity contribution >= 4 is 23.4 Å². The molecule has 0 aromatic heterocycles. The molecule has 1 saturated heterocycles. The number of ether oxygens (including phenoxy) is 2. The summed E-state index contributed by atoms with van der Waals surface area (Å²) < 4.78 is 10.5. The molecule has 2 aromatic carbocycles. The molecule has 0 saturated carbocycles. The Hall–Kier alpha value is -2.73. The highest BCUT2D eigenvalue weighted by Gasteiger charge is 2.24. The van der Waals surface area contributed by atoms with Crippen LogP contribution in [0.3, 0.4) is 0 Å². The summed E-state index contributed by atoms with van der Waals surface area (Å²) >= 11 is 6.00. The maximum absolute atomic E-state index is 12.9. The van der Waals surface area contributed by atoms with Crippen LogP contribution in [0, 0.1) is 0 Å². The Bertz CT molecular complexity index is 871. The number of hydrogen-bond acceptors (Lipinski definition) is 4. The number of carbonyl (C=O) groups is 2. The highest BCUT2D eigenvalue weighted by Crippen LogP contribution is 2.28. The number of amides is 2. The maximum Gasteiger partial charge on any atom is 0.254 e. The summed E-state index contributed by atoms with van der Waals surface area (Å²) in [6.07, 6.45) is 0.714. The van der Waals surface area contributed by atoms with E-state index in [1.54, 1.807) is 59.4 Å². The van der Waals surface area contributed by atoms with Gasteiger partial charge in [0.25, 0.3) is 11.8 Å². The van der Waals surface area contributed by atoms with Crippen LogP contribution in [0.4, 0.5) is 0 Å². The van der Waals surface area contributed by atoms with Gasteiger partial charge in [0.05, 0.1) is 14.2 Å². The van der Waals surface area contributed by atoms with Crippen LogP contribution >= 0.6 is 11.6 Å². The highest BCUT2D eigenvalue weighted by atomic mass is 35.5. The Balaban J connectivity index is 1.69. The number of nitrogens with zero attached hydrogens (tertiary/aromatic N) is 2. The van der Waals surface area contributed by atoms with Crippen LogP contribution in [-0.2, 0) is 0 Å². The number of halogens is 1. The highest BCUT2D eigenvalue weighted by molar-refractivity contribution is 6.30. The number of carbonyl (C=O) groups excluding carboxylic acids is 2. The molecule has 28 heavy (non-hydrogen) atoms. The van der Waals surface area contributed by atoms with Crippen LogP contribution in [0.15, 0.2) is 42.5 Å². The molecule has 0 bridgehead atoms. The van der Waals surface area contributed by atoms with Gasteiger partial charge in [-0.1, -0.05) is 17.7 Å². The lowest BCUT2D eigenvalue weighted by molar-refractivity contribution is 0.0718. The van der Waals surface area contributed by atoms with Crippen molar-refractivity contribution < 1.29 is 19.1 Å². The molecular weight excluding hydrogens is 380 g/mol. The van der Waals surface area contributed by atoms with E-state index in [9.17, 15) is 9.59 Å². The SMILES string of the molecule is COc1ccc(C(=O)N2CCCN(C(=O)c3cccc(Cl)c3)CC2)cc1OC. The Morgan fingerprint density at radius 3 is 2.00 bits per heavy atom. The number of methoxy groups -OCH3 is 2. The van der Waals surface area contributed by atoms with E-state index in [1.807, 2.05) is 0 Å². The molecule has 148 valence electrons. The summed E-state index contributed by atoms with van der Waals surface area (Å²) in [6, 6.07) is 12.1. The zero-order chi connectivity index (χ0) is 20.1. The largest absolute Gasteiger partial charge is 0.493 e. The van der Waals surface area contributed by atoms with E-state index in [1.165, 1.54) is 7.11 Å². The molecule has 0 radical (unpaired) electrons. The van der Waals surface area contributed by atoms with E-state index in [2.05, 4.69) is 0 Å². The minimum atomic E-state index is -0.0852. The van der Waals surface area contributed by atoms with Crippen LogP contribution in [0.1, 0.15) is 27.1 Å². The summed E-state index contributed by atoms with van der Waals surface area (Å²) in [4.78, 5) is 29.2. The first-order valence-corrected chi connectivity index (χ1v) is 9.47. The van der Waals surface area contributed by atoms with Crippen molar-refractivity contribution in [1.29, 1.82) is 0 Å².